The third-order valence-corrected chi connectivity index (χ3v) is 4.26. The van der Waals surface area contributed by atoms with Crippen LogP contribution in [0.3, 0.4) is 0 Å². The van der Waals surface area contributed by atoms with Gasteiger partial charge in [-0.3, -0.25) is 0 Å². The molecule has 0 bridgehead atoms. The third kappa shape index (κ3) is 4.87. The van der Waals surface area contributed by atoms with Crippen molar-refractivity contribution in [3.63, 3.8) is 0 Å². The Morgan fingerprint density at radius 3 is 2.47 bits per heavy atom. The molecule has 2 N–H and O–H groups in total. The molecule has 19 heavy (non-hydrogen) atoms. The van der Waals surface area contributed by atoms with Gasteiger partial charge in [0.2, 0.25) is 0 Å². The smallest absolute Gasteiger partial charge is 0.0366 e. The number of para-hydroxylation sites is 1. The second-order valence-electron chi connectivity index (χ2n) is 6.03. The highest BCUT2D eigenvalue weighted by atomic mass is 15.1. The number of hydrogen-bond donors (Lipinski definition) is 1. The van der Waals surface area contributed by atoms with Crippen molar-refractivity contribution in [2.24, 2.45) is 11.7 Å². The molecular weight excluding hydrogens is 232 g/mol. The van der Waals surface area contributed by atoms with Crippen LogP contribution in [0.25, 0.3) is 0 Å². The fraction of sp³-hybridized carbons (Fsp3) is 0.647. The Morgan fingerprint density at radius 1 is 1.16 bits per heavy atom. The van der Waals surface area contributed by atoms with E-state index in [-0.39, 0.29) is 6.04 Å². The Hall–Kier alpha value is -1.02. The summed E-state index contributed by atoms with van der Waals surface area (Å²) in [7, 11) is 0. The number of nitrogens with zero attached hydrogens (tertiary/aromatic N) is 1. The summed E-state index contributed by atoms with van der Waals surface area (Å²) in [6, 6.07) is 11.1. The van der Waals surface area contributed by atoms with Crippen molar-refractivity contribution in [3.05, 3.63) is 30.3 Å². The van der Waals surface area contributed by atoms with Crippen LogP contribution >= 0.6 is 0 Å². The summed E-state index contributed by atoms with van der Waals surface area (Å²) >= 11 is 0. The van der Waals surface area contributed by atoms with Gasteiger partial charge in [-0.15, -0.1) is 0 Å². The molecule has 0 aliphatic heterocycles. The van der Waals surface area contributed by atoms with Gasteiger partial charge in [0, 0.05) is 24.8 Å². The second-order valence-corrected chi connectivity index (χ2v) is 6.03. The maximum absolute atomic E-state index is 5.91. The fourth-order valence-corrected chi connectivity index (χ4v) is 3.01. The van der Waals surface area contributed by atoms with Crippen molar-refractivity contribution < 1.29 is 0 Å². The molecule has 0 saturated heterocycles. The highest BCUT2D eigenvalue weighted by molar-refractivity contribution is 5.45. The first kappa shape index (κ1) is 14.4. The summed E-state index contributed by atoms with van der Waals surface area (Å²) < 4.78 is 0. The Balaban J connectivity index is 1.89. The van der Waals surface area contributed by atoms with Gasteiger partial charge in [-0.1, -0.05) is 43.9 Å². The molecular formula is C17H28N2. The molecule has 1 fully saturated rings. The maximum Gasteiger partial charge on any atom is 0.0366 e. The lowest BCUT2D eigenvalue weighted by Gasteiger charge is -2.27. The van der Waals surface area contributed by atoms with Crippen molar-refractivity contribution in [1.82, 2.24) is 0 Å². The van der Waals surface area contributed by atoms with Gasteiger partial charge in [-0.2, -0.15) is 0 Å². The van der Waals surface area contributed by atoms with Crippen molar-refractivity contribution in [2.45, 2.75) is 51.5 Å². The maximum atomic E-state index is 5.91. The second kappa shape index (κ2) is 7.54. The van der Waals surface area contributed by atoms with E-state index in [4.69, 9.17) is 5.73 Å². The number of anilines is 1. The van der Waals surface area contributed by atoms with Crippen molar-refractivity contribution in [2.75, 3.05) is 18.0 Å². The van der Waals surface area contributed by atoms with Gasteiger partial charge in [-0.05, 0) is 37.8 Å². The molecule has 1 saturated carbocycles. The van der Waals surface area contributed by atoms with Crippen LogP contribution < -0.4 is 10.6 Å². The molecule has 0 heterocycles. The molecule has 0 aromatic heterocycles. The van der Waals surface area contributed by atoms with E-state index in [1.54, 1.807) is 0 Å². The van der Waals surface area contributed by atoms with Crippen LogP contribution in [0.15, 0.2) is 30.3 Å². The molecule has 2 heteroatoms. The minimum Gasteiger partial charge on any atom is -0.371 e. The largest absolute Gasteiger partial charge is 0.371 e. The van der Waals surface area contributed by atoms with E-state index in [1.807, 2.05) is 0 Å². The van der Waals surface area contributed by atoms with Crippen LogP contribution in [0.4, 0.5) is 5.69 Å². The first-order valence-electron chi connectivity index (χ1n) is 7.81. The first-order valence-corrected chi connectivity index (χ1v) is 7.81. The Morgan fingerprint density at radius 2 is 1.84 bits per heavy atom. The zero-order valence-electron chi connectivity index (χ0n) is 12.2. The van der Waals surface area contributed by atoms with E-state index >= 15 is 0 Å². The SMILES string of the molecule is CC(N)CCN(CCC1CCCC1)c1ccccc1. The van der Waals surface area contributed by atoms with Crippen molar-refractivity contribution in [1.29, 1.82) is 0 Å². The number of hydrogen-bond acceptors (Lipinski definition) is 2. The average molecular weight is 260 g/mol. The summed E-state index contributed by atoms with van der Waals surface area (Å²) in [5, 5.41) is 0. The van der Waals surface area contributed by atoms with E-state index in [0.29, 0.717) is 0 Å². The highest BCUT2D eigenvalue weighted by Gasteiger charge is 2.16. The average Bonchev–Trinajstić information content (AvgIpc) is 2.93. The van der Waals surface area contributed by atoms with Gasteiger partial charge < -0.3 is 10.6 Å². The standard InChI is InChI=1S/C17H28N2/c1-15(18)11-13-19(17-9-3-2-4-10-17)14-12-16-7-5-6-8-16/h2-4,9-10,15-16H,5-8,11-14,18H2,1H3. The zero-order valence-corrected chi connectivity index (χ0v) is 12.2. The van der Waals surface area contributed by atoms with Crippen LogP contribution in [-0.4, -0.2) is 19.1 Å². The van der Waals surface area contributed by atoms with Crippen molar-refractivity contribution in [3.8, 4) is 0 Å². The van der Waals surface area contributed by atoms with Gasteiger partial charge in [0.25, 0.3) is 0 Å². The summed E-state index contributed by atoms with van der Waals surface area (Å²) in [6.45, 7) is 4.36. The van der Waals surface area contributed by atoms with E-state index in [1.165, 1.54) is 44.3 Å². The van der Waals surface area contributed by atoms with E-state index in [9.17, 15) is 0 Å². The van der Waals surface area contributed by atoms with Crippen LogP contribution in [0, 0.1) is 5.92 Å². The number of benzene rings is 1. The number of rotatable bonds is 7. The molecule has 2 rings (SSSR count). The molecule has 1 unspecified atom stereocenters. The lowest BCUT2D eigenvalue weighted by Crippen LogP contribution is -2.30. The minimum atomic E-state index is 0.290. The predicted octanol–water partition coefficient (Wildman–Crippen LogP) is 3.81. The van der Waals surface area contributed by atoms with Gasteiger partial charge in [0.05, 0.1) is 0 Å². The topological polar surface area (TPSA) is 29.3 Å². The number of nitrogens with two attached hydrogens (primary N) is 1. The molecule has 2 nitrogen and oxygen atoms in total. The molecule has 1 aromatic rings. The Bertz CT molecular complexity index is 342. The zero-order chi connectivity index (χ0) is 13.5. The molecule has 0 amide bonds. The van der Waals surface area contributed by atoms with Gasteiger partial charge in [0.1, 0.15) is 0 Å². The van der Waals surface area contributed by atoms with E-state index in [2.05, 4.69) is 42.2 Å². The molecule has 106 valence electrons. The Kier molecular flexibility index (Phi) is 5.71. The lowest BCUT2D eigenvalue weighted by atomic mass is 10.0. The molecule has 1 aliphatic rings. The minimum absolute atomic E-state index is 0.290. The predicted molar refractivity (Wildman–Crippen MR) is 83.5 cm³/mol. The lowest BCUT2D eigenvalue weighted by molar-refractivity contribution is 0.494. The first-order chi connectivity index (χ1) is 9.25. The van der Waals surface area contributed by atoms with Crippen LogP contribution in [0.5, 0.6) is 0 Å². The Labute approximate surface area is 118 Å². The molecule has 1 atom stereocenters. The summed E-state index contributed by atoms with van der Waals surface area (Å²) in [4.78, 5) is 2.52. The monoisotopic (exact) mass is 260 g/mol. The quantitative estimate of drug-likeness (QED) is 0.807. The molecule has 0 spiro atoms. The third-order valence-electron chi connectivity index (χ3n) is 4.26. The summed E-state index contributed by atoms with van der Waals surface area (Å²) in [6.07, 6.45) is 8.17. The van der Waals surface area contributed by atoms with E-state index < -0.39 is 0 Å². The summed E-state index contributed by atoms with van der Waals surface area (Å²) in [5.74, 6) is 0.960. The fourth-order valence-electron chi connectivity index (χ4n) is 3.01. The van der Waals surface area contributed by atoms with Crippen LogP contribution in [0.1, 0.15) is 45.4 Å². The van der Waals surface area contributed by atoms with E-state index in [0.717, 1.165) is 18.9 Å². The summed E-state index contributed by atoms with van der Waals surface area (Å²) in [5.41, 5.74) is 7.26. The highest BCUT2D eigenvalue weighted by Crippen LogP contribution is 2.28. The van der Waals surface area contributed by atoms with Crippen LogP contribution in [-0.2, 0) is 0 Å². The molecule has 1 aliphatic carbocycles. The van der Waals surface area contributed by atoms with Gasteiger partial charge in [-0.25, -0.2) is 0 Å². The van der Waals surface area contributed by atoms with Crippen LogP contribution in [0.2, 0.25) is 0 Å². The normalized spacial score (nSPS) is 17.6. The van der Waals surface area contributed by atoms with Crippen molar-refractivity contribution >= 4 is 5.69 Å². The molecule has 1 aromatic carbocycles. The molecule has 0 radical (unpaired) electrons. The van der Waals surface area contributed by atoms with Gasteiger partial charge >= 0.3 is 0 Å². The van der Waals surface area contributed by atoms with Gasteiger partial charge in [0.15, 0.2) is 0 Å².